The molecule has 0 fully saturated rings. The summed E-state index contributed by atoms with van der Waals surface area (Å²) in [6, 6.07) is 17.1. The first-order valence-electron chi connectivity index (χ1n) is 5.57. The summed E-state index contributed by atoms with van der Waals surface area (Å²) in [6.45, 7) is 0. The van der Waals surface area contributed by atoms with Gasteiger partial charge in [-0.25, -0.2) is 10.6 Å². The standard InChI is InChI=1S/C14H14N2O2/c15-16(12-9-5-2-6-10-12)13(14(17)18)11-7-3-1-4-8-11/h1-10,13H,15H2,(H,17,18)/t13-/m0/s1. The van der Waals surface area contributed by atoms with Crippen molar-refractivity contribution in [3.8, 4) is 0 Å². The summed E-state index contributed by atoms with van der Waals surface area (Å²) in [4.78, 5) is 11.4. The van der Waals surface area contributed by atoms with Crippen LogP contribution in [0.15, 0.2) is 60.7 Å². The first-order valence-corrected chi connectivity index (χ1v) is 5.57. The topological polar surface area (TPSA) is 66.6 Å². The lowest BCUT2D eigenvalue weighted by Crippen LogP contribution is -2.39. The molecular weight excluding hydrogens is 228 g/mol. The number of carbonyl (C=O) groups is 1. The van der Waals surface area contributed by atoms with E-state index >= 15 is 0 Å². The molecule has 0 amide bonds. The normalized spacial score (nSPS) is 11.8. The lowest BCUT2D eigenvalue weighted by atomic mass is 10.1. The molecule has 0 spiro atoms. The quantitative estimate of drug-likeness (QED) is 0.637. The number of rotatable bonds is 4. The number of nitrogens with two attached hydrogens (primary N) is 1. The molecule has 0 bridgehead atoms. The van der Waals surface area contributed by atoms with Gasteiger partial charge in [0.05, 0.1) is 5.69 Å². The van der Waals surface area contributed by atoms with Crippen molar-refractivity contribution in [3.63, 3.8) is 0 Å². The van der Waals surface area contributed by atoms with Gasteiger partial charge in [0.1, 0.15) is 0 Å². The summed E-state index contributed by atoms with van der Waals surface area (Å²) >= 11 is 0. The molecular formula is C14H14N2O2. The average Bonchev–Trinajstić information content (AvgIpc) is 2.40. The van der Waals surface area contributed by atoms with E-state index in [9.17, 15) is 9.90 Å². The third-order valence-electron chi connectivity index (χ3n) is 2.68. The van der Waals surface area contributed by atoms with Crippen molar-refractivity contribution < 1.29 is 9.90 Å². The molecule has 2 aromatic rings. The predicted octanol–water partition coefficient (Wildman–Crippen LogP) is 2.19. The molecule has 0 unspecified atom stereocenters. The first kappa shape index (κ1) is 12.1. The maximum Gasteiger partial charge on any atom is 0.332 e. The summed E-state index contributed by atoms with van der Waals surface area (Å²) in [7, 11) is 0. The van der Waals surface area contributed by atoms with E-state index in [1.165, 1.54) is 5.01 Å². The maximum atomic E-state index is 11.4. The third-order valence-corrected chi connectivity index (χ3v) is 2.68. The van der Waals surface area contributed by atoms with E-state index in [1.807, 2.05) is 24.3 Å². The van der Waals surface area contributed by atoms with Crippen molar-refractivity contribution in [1.29, 1.82) is 0 Å². The molecule has 4 heteroatoms. The van der Waals surface area contributed by atoms with E-state index in [1.54, 1.807) is 36.4 Å². The number of hydrogen-bond donors (Lipinski definition) is 2. The van der Waals surface area contributed by atoms with Crippen LogP contribution in [0.2, 0.25) is 0 Å². The highest BCUT2D eigenvalue weighted by Gasteiger charge is 2.25. The molecule has 2 aromatic carbocycles. The van der Waals surface area contributed by atoms with Crippen LogP contribution in [0.25, 0.3) is 0 Å². The van der Waals surface area contributed by atoms with Crippen LogP contribution in [0.4, 0.5) is 5.69 Å². The van der Waals surface area contributed by atoms with E-state index in [-0.39, 0.29) is 0 Å². The molecule has 0 aromatic heterocycles. The second-order valence-corrected chi connectivity index (χ2v) is 3.89. The van der Waals surface area contributed by atoms with Crippen molar-refractivity contribution in [1.82, 2.24) is 0 Å². The van der Waals surface area contributed by atoms with E-state index < -0.39 is 12.0 Å². The second-order valence-electron chi connectivity index (χ2n) is 3.89. The zero-order valence-corrected chi connectivity index (χ0v) is 9.73. The summed E-state index contributed by atoms with van der Waals surface area (Å²) in [5.74, 6) is 4.95. The molecule has 0 heterocycles. The van der Waals surface area contributed by atoms with Crippen molar-refractivity contribution in [2.24, 2.45) is 5.84 Å². The number of nitrogens with zero attached hydrogens (tertiary/aromatic N) is 1. The Hall–Kier alpha value is -2.33. The smallest absolute Gasteiger partial charge is 0.332 e. The van der Waals surface area contributed by atoms with Crippen molar-refractivity contribution >= 4 is 11.7 Å². The maximum absolute atomic E-state index is 11.4. The summed E-state index contributed by atoms with van der Waals surface area (Å²) in [5.41, 5.74) is 1.31. The minimum absolute atomic E-state index is 0.649. The SMILES string of the molecule is NN(c1ccccc1)[C@H](C(=O)O)c1ccccc1. The van der Waals surface area contributed by atoms with Gasteiger partial charge in [-0.3, -0.25) is 5.01 Å². The van der Waals surface area contributed by atoms with Crippen molar-refractivity contribution in [2.45, 2.75) is 6.04 Å². The summed E-state index contributed by atoms with van der Waals surface area (Å²) in [5, 5.41) is 10.6. The average molecular weight is 242 g/mol. The van der Waals surface area contributed by atoms with E-state index in [0.29, 0.717) is 11.3 Å². The van der Waals surface area contributed by atoms with E-state index in [4.69, 9.17) is 5.84 Å². The highest BCUT2D eigenvalue weighted by Crippen LogP contribution is 2.23. The zero-order valence-electron chi connectivity index (χ0n) is 9.73. The molecule has 18 heavy (non-hydrogen) atoms. The number of hydrogen-bond acceptors (Lipinski definition) is 3. The van der Waals surface area contributed by atoms with Crippen molar-refractivity contribution in [3.05, 3.63) is 66.2 Å². The van der Waals surface area contributed by atoms with Gasteiger partial charge in [0, 0.05) is 0 Å². The predicted molar refractivity (Wildman–Crippen MR) is 69.9 cm³/mol. The summed E-state index contributed by atoms with van der Waals surface area (Å²) in [6.07, 6.45) is 0. The molecule has 1 atom stereocenters. The van der Waals surface area contributed by atoms with Gasteiger partial charge in [-0.15, -0.1) is 0 Å². The van der Waals surface area contributed by atoms with Gasteiger partial charge in [0.25, 0.3) is 0 Å². The molecule has 0 saturated carbocycles. The fourth-order valence-electron chi connectivity index (χ4n) is 1.81. The molecule has 3 N–H and O–H groups in total. The van der Waals surface area contributed by atoms with Gasteiger partial charge in [0.2, 0.25) is 0 Å². The Bertz CT molecular complexity index is 514. The largest absolute Gasteiger partial charge is 0.479 e. The lowest BCUT2D eigenvalue weighted by Gasteiger charge is -2.26. The van der Waals surface area contributed by atoms with E-state index in [0.717, 1.165) is 0 Å². The van der Waals surface area contributed by atoms with Crippen LogP contribution < -0.4 is 10.9 Å². The second kappa shape index (κ2) is 5.33. The van der Waals surface area contributed by atoms with Crippen LogP contribution in [-0.4, -0.2) is 11.1 Å². The molecule has 2 rings (SSSR count). The number of anilines is 1. The Morgan fingerprint density at radius 1 is 1.00 bits per heavy atom. The Kier molecular flexibility index (Phi) is 3.60. The van der Waals surface area contributed by atoms with Crippen LogP contribution >= 0.6 is 0 Å². The highest BCUT2D eigenvalue weighted by atomic mass is 16.4. The fraction of sp³-hybridized carbons (Fsp3) is 0.0714. The molecule has 0 aliphatic rings. The molecule has 4 nitrogen and oxygen atoms in total. The Morgan fingerprint density at radius 2 is 1.50 bits per heavy atom. The van der Waals surface area contributed by atoms with Crippen molar-refractivity contribution in [2.75, 3.05) is 5.01 Å². The van der Waals surface area contributed by atoms with Gasteiger partial charge < -0.3 is 5.11 Å². The van der Waals surface area contributed by atoms with Gasteiger partial charge in [-0.05, 0) is 17.7 Å². The number of hydrazine groups is 1. The Balaban J connectivity index is 2.35. The van der Waals surface area contributed by atoms with Gasteiger partial charge in [-0.1, -0.05) is 48.5 Å². The van der Waals surface area contributed by atoms with Gasteiger partial charge >= 0.3 is 5.97 Å². The van der Waals surface area contributed by atoms with Crippen LogP contribution in [0.1, 0.15) is 11.6 Å². The number of aliphatic carboxylic acids is 1. The first-order chi connectivity index (χ1) is 8.70. The molecule has 0 radical (unpaired) electrons. The fourth-order valence-corrected chi connectivity index (χ4v) is 1.81. The number of benzene rings is 2. The number of carboxylic acids is 1. The minimum Gasteiger partial charge on any atom is -0.479 e. The van der Waals surface area contributed by atoms with Crippen LogP contribution in [0, 0.1) is 0 Å². The molecule has 0 aliphatic carbocycles. The third kappa shape index (κ3) is 2.49. The van der Waals surface area contributed by atoms with Gasteiger partial charge in [-0.2, -0.15) is 0 Å². The number of carboxylic acid groups (broad SMARTS) is 1. The molecule has 0 saturated heterocycles. The van der Waals surface area contributed by atoms with Crippen LogP contribution in [0.3, 0.4) is 0 Å². The highest BCUT2D eigenvalue weighted by molar-refractivity contribution is 5.79. The lowest BCUT2D eigenvalue weighted by molar-refractivity contribution is -0.138. The minimum atomic E-state index is -0.979. The monoisotopic (exact) mass is 242 g/mol. The van der Waals surface area contributed by atoms with Crippen LogP contribution in [0.5, 0.6) is 0 Å². The van der Waals surface area contributed by atoms with E-state index in [2.05, 4.69) is 0 Å². The van der Waals surface area contributed by atoms with Gasteiger partial charge in [0.15, 0.2) is 6.04 Å². The summed E-state index contributed by atoms with van der Waals surface area (Å²) < 4.78 is 0. The molecule has 0 aliphatic heterocycles. The number of para-hydroxylation sites is 1. The molecule has 92 valence electrons. The zero-order chi connectivity index (χ0) is 13.0. The Morgan fingerprint density at radius 3 is 2.00 bits per heavy atom. The van der Waals surface area contributed by atoms with Crippen LogP contribution in [-0.2, 0) is 4.79 Å². The Labute approximate surface area is 105 Å².